The number of likely N-dealkylation sites (tertiary alicyclic amines) is 1. The molecule has 2 heterocycles. The molecule has 2 atom stereocenters. The number of carbonyl (C=O) groups excluding carboxylic acids is 1. The first-order valence-corrected chi connectivity index (χ1v) is 9.45. The Labute approximate surface area is 154 Å². The van der Waals surface area contributed by atoms with Crippen LogP contribution < -0.4 is 0 Å². The molecule has 1 amide bonds. The van der Waals surface area contributed by atoms with Crippen LogP contribution in [0.4, 0.5) is 0 Å². The lowest BCUT2D eigenvalue weighted by Crippen LogP contribution is -2.49. The lowest BCUT2D eigenvalue weighted by molar-refractivity contribution is -0.134. The van der Waals surface area contributed by atoms with Crippen LogP contribution in [0.2, 0.25) is 5.02 Å². The van der Waals surface area contributed by atoms with Gasteiger partial charge in [0.2, 0.25) is 5.91 Å². The molecule has 0 aromatic heterocycles. The molecule has 2 aliphatic rings. The fourth-order valence-electron chi connectivity index (χ4n) is 3.85. The maximum absolute atomic E-state index is 12.8. The number of nitrogens with zero attached hydrogens (tertiary/aromatic N) is 2. The second-order valence-electron chi connectivity index (χ2n) is 7.13. The maximum atomic E-state index is 12.8. The third-order valence-corrected chi connectivity index (χ3v) is 5.52. The number of carbonyl (C=O) groups is 1. The molecule has 3 rings (SSSR count). The number of hydrogen-bond donors (Lipinski definition) is 1. The van der Waals surface area contributed by atoms with Crippen LogP contribution in [0.15, 0.2) is 24.3 Å². The lowest BCUT2D eigenvalue weighted by atomic mass is 9.88. The van der Waals surface area contributed by atoms with Gasteiger partial charge in [-0.25, -0.2) is 0 Å². The van der Waals surface area contributed by atoms with Crippen LogP contribution in [0.3, 0.4) is 0 Å². The minimum Gasteiger partial charge on any atom is -0.396 e. The van der Waals surface area contributed by atoms with Gasteiger partial charge in [0.05, 0.1) is 19.6 Å². The van der Waals surface area contributed by atoms with Crippen molar-refractivity contribution in [3.8, 4) is 0 Å². The van der Waals surface area contributed by atoms with E-state index in [0.29, 0.717) is 23.9 Å². The quantitative estimate of drug-likeness (QED) is 0.861. The molecule has 1 N–H and O–H groups in total. The minimum absolute atomic E-state index is 0.0956. The van der Waals surface area contributed by atoms with Gasteiger partial charge in [-0.1, -0.05) is 29.8 Å². The summed E-state index contributed by atoms with van der Waals surface area (Å²) >= 11 is 6.19. The molecular formula is C19H27ClN2O3. The zero-order valence-corrected chi connectivity index (χ0v) is 15.3. The first kappa shape index (κ1) is 18.6. The van der Waals surface area contributed by atoms with Crippen LogP contribution in [-0.4, -0.2) is 73.4 Å². The number of piperidine rings is 1. The summed E-state index contributed by atoms with van der Waals surface area (Å²) in [6.45, 7) is 5.97. The predicted octanol–water partition coefficient (Wildman–Crippen LogP) is 1.67. The Bertz CT molecular complexity index is 578. The Kier molecular flexibility index (Phi) is 6.70. The second-order valence-corrected chi connectivity index (χ2v) is 7.54. The molecule has 2 saturated heterocycles. The van der Waals surface area contributed by atoms with Gasteiger partial charge in [-0.05, 0) is 29.9 Å². The SMILES string of the molecule is O=C(Cc1ccccc1Cl)N1C[C@@H](CN2CCOCC2)C[C@H](CO)C1. The van der Waals surface area contributed by atoms with E-state index in [0.717, 1.165) is 51.4 Å². The van der Waals surface area contributed by atoms with Crippen molar-refractivity contribution >= 4 is 17.5 Å². The summed E-state index contributed by atoms with van der Waals surface area (Å²) in [6, 6.07) is 7.50. The Hall–Kier alpha value is -1.14. The molecule has 0 aliphatic carbocycles. The zero-order valence-electron chi connectivity index (χ0n) is 14.6. The van der Waals surface area contributed by atoms with Crippen LogP contribution in [-0.2, 0) is 16.0 Å². The lowest BCUT2D eigenvalue weighted by Gasteiger charge is -2.40. The molecule has 0 bridgehead atoms. The van der Waals surface area contributed by atoms with Gasteiger partial charge in [-0.2, -0.15) is 0 Å². The highest BCUT2D eigenvalue weighted by Crippen LogP contribution is 2.24. The fourth-order valence-corrected chi connectivity index (χ4v) is 4.05. The van der Waals surface area contributed by atoms with E-state index in [9.17, 15) is 9.90 Å². The van der Waals surface area contributed by atoms with Gasteiger partial charge in [-0.3, -0.25) is 9.69 Å². The zero-order chi connectivity index (χ0) is 17.6. The molecule has 0 saturated carbocycles. The molecule has 0 spiro atoms. The monoisotopic (exact) mass is 366 g/mol. The predicted molar refractivity (Wildman–Crippen MR) is 97.7 cm³/mol. The molecular weight excluding hydrogens is 340 g/mol. The minimum atomic E-state index is 0.0956. The Morgan fingerprint density at radius 1 is 1.20 bits per heavy atom. The van der Waals surface area contributed by atoms with Gasteiger partial charge in [0.15, 0.2) is 0 Å². The van der Waals surface area contributed by atoms with Crippen molar-refractivity contribution in [2.75, 3.05) is 52.5 Å². The molecule has 25 heavy (non-hydrogen) atoms. The molecule has 1 aromatic rings. The molecule has 2 aliphatic heterocycles. The number of aliphatic hydroxyl groups is 1. The van der Waals surface area contributed by atoms with Crippen molar-refractivity contribution in [2.24, 2.45) is 11.8 Å². The van der Waals surface area contributed by atoms with E-state index in [4.69, 9.17) is 16.3 Å². The van der Waals surface area contributed by atoms with E-state index >= 15 is 0 Å². The molecule has 5 nitrogen and oxygen atoms in total. The Balaban J connectivity index is 1.61. The summed E-state index contributed by atoms with van der Waals surface area (Å²) in [5, 5.41) is 10.3. The normalized spacial score (nSPS) is 25.1. The van der Waals surface area contributed by atoms with E-state index < -0.39 is 0 Å². The Morgan fingerprint density at radius 2 is 1.92 bits per heavy atom. The summed E-state index contributed by atoms with van der Waals surface area (Å²) in [7, 11) is 0. The van der Waals surface area contributed by atoms with Gasteiger partial charge >= 0.3 is 0 Å². The van der Waals surface area contributed by atoms with Crippen LogP contribution in [0.25, 0.3) is 0 Å². The topological polar surface area (TPSA) is 53.0 Å². The van der Waals surface area contributed by atoms with Crippen LogP contribution in [0.1, 0.15) is 12.0 Å². The second kappa shape index (κ2) is 8.99. The average Bonchev–Trinajstić information content (AvgIpc) is 2.64. The number of morpholine rings is 1. The molecule has 6 heteroatoms. The summed E-state index contributed by atoms with van der Waals surface area (Å²) < 4.78 is 5.41. The van der Waals surface area contributed by atoms with Crippen molar-refractivity contribution < 1.29 is 14.6 Å². The number of hydrogen-bond acceptors (Lipinski definition) is 4. The highest BCUT2D eigenvalue weighted by molar-refractivity contribution is 6.31. The van der Waals surface area contributed by atoms with Crippen molar-refractivity contribution in [3.63, 3.8) is 0 Å². The van der Waals surface area contributed by atoms with Gasteiger partial charge < -0.3 is 14.7 Å². The number of rotatable bonds is 5. The van der Waals surface area contributed by atoms with Gasteiger partial charge in [-0.15, -0.1) is 0 Å². The first-order chi connectivity index (χ1) is 12.2. The highest BCUT2D eigenvalue weighted by atomic mass is 35.5. The summed E-state index contributed by atoms with van der Waals surface area (Å²) in [5.41, 5.74) is 0.866. The summed E-state index contributed by atoms with van der Waals surface area (Å²) in [4.78, 5) is 17.1. The van der Waals surface area contributed by atoms with Crippen LogP contribution in [0, 0.1) is 11.8 Å². The standard InChI is InChI=1S/C19H27ClN2O3/c20-18-4-2-1-3-17(18)10-19(24)22-12-15(9-16(13-22)14-23)11-21-5-7-25-8-6-21/h1-4,15-16,23H,5-14H2/t15-,16+/m1/s1. The first-order valence-electron chi connectivity index (χ1n) is 9.08. The van der Waals surface area contributed by atoms with Gasteiger partial charge in [0.25, 0.3) is 0 Å². The van der Waals surface area contributed by atoms with E-state index in [1.54, 1.807) is 0 Å². The Morgan fingerprint density at radius 3 is 2.64 bits per heavy atom. The summed E-state index contributed by atoms with van der Waals surface area (Å²) in [6.07, 6.45) is 1.30. The third kappa shape index (κ3) is 5.17. The fraction of sp³-hybridized carbons (Fsp3) is 0.632. The highest BCUT2D eigenvalue weighted by Gasteiger charge is 2.31. The van der Waals surface area contributed by atoms with E-state index in [2.05, 4.69) is 4.90 Å². The smallest absolute Gasteiger partial charge is 0.227 e. The number of benzene rings is 1. The largest absolute Gasteiger partial charge is 0.396 e. The van der Waals surface area contributed by atoms with Crippen LogP contribution in [0.5, 0.6) is 0 Å². The van der Waals surface area contributed by atoms with Crippen LogP contribution >= 0.6 is 11.6 Å². The summed E-state index contributed by atoms with van der Waals surface area (Å²) in [5.74, 6) is 0.660. The molecule has 0 unspecified atom stereocenters. The van der Waals surface area contributed by atoms with Crippen molar-refractivity contribution in [2.45, 2.75) is 12.8 Å². The van der Waals surface area contributed by atoms with E-state index in [1.807, 2.05) is 29.2 Å². The molecule has 1 aromatic carbocycles. The number of aliphatic hydroxyl groups excluding tert-OH is 1. The number of ether oxygens (including phenoxy) is 1. The number of halogens is 1. The third-order valence-electron chi connectivity index (χ3n) is 5.15. The van der Waals surface area contributed by atoms with Gasteiger partial charge in [0.1, 0.15) is 0 Å². The van der Waals surface area contributed by atoms with Gasteiger partial charge in [0, 0.05) is 44.4 Å². The van der Waals surface area contributed by atoms with Crippen molar-refractivity contribution in [3.05, 3.63) is 34.9 Å². The average molecular weight is 367 g/mol. The molecule has 0 radical (unpaired) electrons. The molecule has 2 fully saturated rings. The molecule has 138 valence electrons. The van der Waals surface area contributed by atoms with Crippen molar-refractivity contribution in [1.29, 1.82) is 0 Å². The van der Waals surface area contributed by atoms with E-state index in [1.165, 1.54) is 0 Å². The number of amides is 1. The van der Waals surface area contributed by atoms with Crippen molar-refractivity contribution in [1.82, 2.24) is 9.80 Å². The van der Waals surface area contributed by atoms with E-state index in [-0.39, 0.29) is 18.4 Å². The maximum Gasteiger partial charge on any atom is 0.227 e.